The average Bonchev–Trinajstić information content (AvgIpc) is 2.99. The predicted molar refractivity (Wildman–Crippen MR) is 94.9 cm³/mol. The zero-order chi connectivity index (χ0) is 16.4. The van der Waals surface area contributed by atoms with E-state index in [0.29, 0.717) is 17.0 Å². The monoisotopic (exact) mass is 391 g/mol. The number of halogens is 1. The molecule has 3 aromatic rings. The highest BCUT2D eigenvalue weighted by atomic mass is 79.9. The van der Waals surface area contributed by atoms with Crippen molar-refractivity contribution in [2.24, 2.45) is 0 Å². The van der Waals surface area contributed by atoms with Gasteiger partial charge in [0.15, 0.2) is 5.60 Å². The molecule has 0 unspecified atom stereocenters. The molecule has 1 aromatic heterocycles. The number of nitrogens with one attached hydrogen (secondary N) is 1. The van der Waals surface area contributed by atoms with Crippen LogP contribution in [0.3, 0.4) is 0 Å². The molecule has 0 saturated heterocycles. The van der Waals surface area contributed by atoms with E-state index in [0.717, 1.165) is 21.7 Å². The second-order valence-corrected chi connectivity index (χ2v) is 6.90. The van der Waals surface area contributed by atoms with Gasteiger partial charge in [0.2, 0.25) is 0 Å². The molecule has 0 radical (unpaired) electrons. The summed E-state index contributed by atoms with van der Waals surface area (Å²) in [6.45, 7) is 3.45. The molecule has 0 aliphatic rings. The molecule has 23 heavy (non-hydrogen) atoms. The molecule has 1 amide bonds. The van der Waals surface area contributed by atoms with Gasteiger partial charge in [0.05, 0.1) is 17.4 Å². The number of amides is 1. The number of ether oxygens (including phenoxy) is 1. The van der Waals surface area contributed by atoms with Gasteiger partial charge in [0.1, 0.15) is 16.8 Å². The molecule has 3 rings (SSSR count). The van der Waals surface area contributed by atoms with Crippen LogP contribution in [-0.2, 0) is 4.79 Å². The number of aromatic nitrogens is 2. The lowest BCUT2D eigenvalue weighted by Gasteiger charge is -2.25. The van der Waals surface area contributed by atoms with Crippen LogP contribution in [0.1, 0.15) is 13.8 Å². The predicted octanol–water partition coefficient (Wildman–Crippen LogP) is 4.25. The minimum absolute atomic E-state index is 0.249. The largest absolute Gasteiger partial charge is 0.478 e. The Morgan fingerprint density at radius 1 is 1.17 bits per heavy atom. The quantitative estimate of drug-likeness (QED) is 0.721. The number of hydrogen-bond acceptors (Lipinski definition) is 5. The van der Waals surface area contributed by atoms with Crippen LogP contribution in [0.15, 0.2) is 46.9 Å². The van der Waals surface area contributed by atoms with Crippen LogP contribution in [0.25, 0.3) is 11.0 Å². The van der Waals surface area contributed by atoms with E-state index in [1.54, 1.807) is 19.9 Å². The van der Waals surface area contributed by atoms with Crippen LogP contribution < -0.4 is 10.1 Å². The minimum Gasteiger partial charge on any atom is -0.478 e. The summed E-state index contributed by atoms with van der Waals surface area (Å²) in [5.74, 6) is 0.378. The molecule has 7 heteroatoms. The Morgan fingerprint density at radius 2 is 1.91 bits per heavy atom. The van der Waals surface area contributed by atoms with Gasteiger partial charge < -0.3 is 10.1 Å². The normalized spacial score (nSPS) is 11.4. The summed E-state index contributed by atoms with van der Waals surface area (Å²) in [4.78, 5) is 12.6. The first-order chi connectivity index (χ1) is 11.0. The average molecular weight is 392 g/mol. The molecule has 0 aliphatic heterocycles. The third-order valence-corrected chi connectivity index (χ3v) is 4.34. The molecular formula is C16H14BrN3O2S. The maximum absolute atomic E-state index is 12.6. The van der Waals surface area contributed by atoms with Crippen LogP contribution in [0.2, 0.25) is 0 Å². The Bertz CT molecular complexity index is 846. The van der Waals surface area contributed by atoms with E-state index in [4.69, 9.17) is 4.74 Å². The molecular weight excluding hydrogens is 378 g/mol. The van der Waals surface area contributed by atoms with Crippen LogP contribution in [0, 0.1) is 0 Å². The molecule has 1 N–H and O–H groups in total. The van der Waals surface area contributed by atoms with Gasteiger partial charge in [0, 0.05) is 4.47 Å². The Kier molecular flexibility index (Phi) is 4.32. The maximum Gasteiger partial charge on any atom is 0.268 e. The number of nitrogens with zero attached hydrogens (tertiary/aromatic N) is 2. The molecule has 2 aromatic carbocycles. The topological polar surface area (TPSA) is 64.1 Å². The van der Waals surface area contributed by atoms with Crippen molar-refractivity contribution in [3.05, 3.63) is 46.9 Å². The van der Waals surface area contributed by atoms with Gasteiger partial charge in [-0.05, 0) is 50.2 Å². The highest BCUT2D eigenvalue weighted by Gasteiger charge is 2.30. The van der Waals surface area contributed by atoms with E-state index in [1.807, 2.05) is 36.4 Å². The summed E-state index contributed by atoms with van der Waals surface area (Å²) in [6.07, 6.45) is 0. The van der Waals surface area contributed by atoms with Crippen molar-refractivity contribution in [1.82, 2.24) is 8.75 Å². The van der Waals surface area contributed by atoms with Crippen molar-refractivity contribution in [2.45, 2.75) is 19.4 Å². The van der Waals surface area contributed by atoms with Gasteiger partial charge in [-0.15, -0.1) is 0 Å². The van der Waals surface area contributed by atoms with Crippen LogP contribution in [-0.4, -0.2) is 20.3 Å². The van der Waals surface area contributed by atoms with E-state index >= 15 is 0 Å². The summed E-state index contributed by atoms with van der Waals surface area (Å²) < 4.78 is 15.2. The SMILES string of the molecule is CC(C)(Oc1ccc(Br)cc1)C(=O)Nc1cccc2nsnc12. The Balaban J connectivity index is 1.78. The lowest BCUT2D eigenvalue weighted by Crippen LogP contribution is -2.42. The van der Waals surface area contributed by atoms with Gasteiger partial charge in [-0.3, -0.25) is 4.79 Å². The molecule has 0 saturated carbocycles. The van der Waals surface area contributed by atoms with Crippen molar-refractivity contribution < 1.29 is 9.53 Å². The van der Waals surface area contributed by atoms with Crippen molar-refractivity contribution in [2.75, 3.05) is 5.32 Å². The minimum atomic E-state index is -1.03. The fourth-order valence-electron chi connectivity index (χ4n) is 2.02. The van der Waals surface area contributed by atoms with Gasteiger partial charge in [-0.1, -0.05) is 22.0 Å². The number of benzene rings is 2. The van der Waals surface area contributed by atoms with Gasteiger partial charge in [0.25, 0.3) is 5.91 Å². The Hall–Kier alpha value is -1.99. The van der Waals surface area contributed by atoms with Crippen LogP contribution in [0.5, 0.6) is 5.75 Å². The molecule has 0 spiro atoms. The van der Waals surface area contributed by atoms with E-state index in [1.165, 1.54) is 0 Å². The second-order valence-electron chi connectivity index (χ2n) is 5.46. The standard InChI is InChI=1S/C16H14BrN3O2S/c1-16(2,22-11-8-6-10(17)7-9-11)15(21)18-12-4-3-5-13-14(12)20-23-19-13/h3-9H,1-2H3,(H,18,21). The highest BCUT2D eigenvalue weighted by Crippen LogP contribution is 2.25. The van der Waals surface area contributed by atoms with E-state index in [-0.39, 0.29) is 5.91 Å². The van der Waals surface area contributed by atoms with Crippen molar-refractivity contribution in [1.29, 1.82) is 0 Å². The molecule has 1 heterocycles. The molecule has 0 bridgehead atoms. The lowest BCUT2D eigenvalue weighted by molar-refractivity contribution is -0.128. The first-order valence-corrected chi connectivity index (χ1v) is 8.45. The van der Waals surface area contributed by atoms with E-state index < -0.39 is 5.60 Å². The number of hydrogen-bond donors (Lipinski definition) is 1. The molecule has 0 aliphatic carbocycles. The molecule has 0 fully saturated rings. The van der Waals surface area contributed by atoms with Crippen molar-refractivity contribution in [3.63, 3.8) is 0 Å². The van der Waals surface area contributed by atoms with Crippen LogP contribution in [0.4, 0.5) is 5.69 Å². The summed E-state index contributed by atoms with van der Waals surface area (Å²) in [6, 6.07) is 12.8. The first kappa shape index (κ1) is 15.9. The molecule has 118 valence electrons. The van der Waals surface area contributed by atoms with Gasteiger partial charge in [-0.2, -0.15) is 8.75 Å². The zero-order valence-electron chi connectivity index (χ0n) is 12.5. The van der Waals surface area contributed by atoms with Crippen molar-refractivity contribution in [3.8, 4) is 5.75 Å². The second kappa shape index (κ2) is 6.25. The third kappa shape index (κ3) is 3.51. The Morgan fingerprint density at radius 3 is 2.65 bits per heavy atom. The number of carbonyl (C=O) groups excluding carboxylic acids is 1. The van der Waals surface area contributed by atoms with Crippen molar-refractivity contribution >= 4 is 50.3 Å². The first-order valence-electron chi connectivity index (χ1n) is 6.93. The van der Waals surface area contributed by atoms with Gasteiger partial charge in [-0.25, -0.2) is 0 Å². The van der Waals surface area contributed by atoms with Crippen LogP contribution >= 0.6 is 27.7 Å². The van der Waals surface area contributed by atoms with E-state index in [2.05, 4.69) is 30.0 Å². The smallest absolute Gasteiger partial charge is 0.268 e. The third-order valence-electron chi connectivity index (χ3n) is 3.27. The summed E-state index contributed by atoms with van der Waals surface area (Å²) in [5.41, 5.74) is 1.05. The lowest BCUT2D eigenvalue weighted by atomic mass is 10.1. The highest BCUT2D eigenvalue weighted by molar-refractivity contribution is 9.10. The fraction of sp³-hybridized carbons (Fsp3) is 0.188. The zero-order valence-corrected chi connectivity index (χ0v) is 14.9. The number of fused-ring (bicyclic) bond motifs is 1. The number of rotatable bonds is 4. The number of carbonyl (C=O) groups is 1. The summed E-state index contributed by atoms with van der Waals surface area (Å²) in [7, 11) is 0. The number of anilines is 1. The summed E-state index contributed by atoms with van der Waals surface area (Å²) >= 11 is 4.49. The molecule has 5 nitrogen and oxygen atoms in total. The Labute approximate surface area is 146 Å². The fourth-order valence-corrected chi connectivity index (χ4v) is 2.84. The molecule has 0 atom stereocenters. The van der Waals surface area contributed by atoms with E-state index in [9.17, 15) is 4.79 Å². The van der Waals surface area contributed by atoms with Gasteiger partial charge >= 0.3 is 0 Å². The summed E-state index contributed by atoms with van der Waals surface area (Å²) in [5, 5.41) is 2.87. The maximum atomic E-state index is 12.6.